The van der Waals surface area contributed by atoms with Crippen LogP contribution in [-0.4, -0.2) is 54.3 Å². The molecule has 0 radical (unpaired) electrons. The summed E-state index contributed by atoms with van der Waals surface area (Å²) in [5.74, 6) is 0.375. The zero-order valence-electron chi connectivity index (χ0n) is 10.4. The number of anilines is 1. The molecule has 1 N–H and O–H groups in total. The second-order valence-electron chi connectivity index (χ2n) is 4.79. The minimum atomic E-state index is 0.281. The fraction of sp³-hybridized carbons (Fsp3) is 0.615. The van der Waals surface area contributed by atoms with Gasteiger partial charge in [-0.05, 0) is 18.1 Å². The van der Waals surface area contributed by atoms with Crippen LogP contribution in [0.25, 0.3) is 0 Å². The Balaban J connectivity index is 1.82. The van der Waals surface area contributed by atoms with E-state index in [9.17, 15) is 0 Å². The van der Waals surface area contributed by atoms with Crippen molar-refractivity contribution in [2.24, 2.45) is 5.92 Å². The number of nitrogens with zero attached hydrogens (tertiary/aromatic N) is 3. The number of hydrogen-bond acceptors (Lipinski definition) is 4. The van der Waals surface area contributed by atoms with Crippen LogP contribution in [-0.2, 0) is 0 Å². The Kier molecular flexibility index (Phi) is 4.34. The summed E-state index contributed by atoms with van der Waals surface area (Å²) in [5.41, 5.74) is 1.21. The van der Waals surface area contributed by atoms with Gasteiger partial charge in [-0.3, -0.25) is 9.88 Å². The zero-order chi connectivity index (χ0) is 12.1. The lowest BCUT2D eigenvalue weighted by Gasteiger charge is -2.36. The van der Waals surface area contributed by atoms with Crippen molar-refractivity contribution in [3.8, 4) is 0 Å². The summed E-state index contributed by atoms with van der Waals surface area (Å²) in [6.07, 6.45) is 3.73. The molecule has 0 saturated carbocycles. The molecule has 1 aliphatic heterocycles. The van der Waals surface area contributed by atoms with Crippen LogP contribution in [0.1, 0.15) is 6.92 Å². The predicted octanol–water partition coefficient (Wildman–Crippen LogP) is 0.832. The van der Waals surface area contributed by atoms with Gasteiger partial charge >= 0.3 is 0 Å². The average molecular weight is 235 g/mol. The molecular formula is C13H21N3O. The van der Waals surface area contributed by atoms with Crippen LogP contribution in [0.2, 0.25) is 0 Å². The highest BCUT2D eigenvalue weighted by Gasteiger charge is 2.18. The summed E-state index contributed by atoms with van der Waals surface area (Å²) in [6, 6.07) is 4.09. The molecule has 2 heterocycles. The van der Waals surface area contributed by atoms with E-state index in [2.05, 4.69) is 27.8 Å². The van der Waals surface area contributed by atoms with Crippen LogP contribution in [0.4, 0.5) is 5.69 Å². The SMILES string of the molecule is CC(CO)CN1CCN(c2cccnc2)CC1. The maximum absolute atomic E-state index is 9.05. The summed E-state index contributed by atoms with van der Waals surface area (Å²) >= 11 is 0. The molecule has 1 fully saturated rings. The summed E-state index contributed by atoms with van der Waals surface area (Å²) in [6.45, 7) is 7.60. The highest BCUT2D eigenvalue weighted by atomic mass is 16.3. The van der Waals surface area contributed by atoms with E-state index >= 15 is 0 Å². The van der Waals surface area contributed by atoms with Crippen molar-refractivity contribution in [2.45, 2.75) is 6.92 Å². The molecule has 0 bridgehead atoms. The average Bonchev–Trinajstić information content (AvgIpc) is 2.40. The van der Waals surface area contributed by atoms with E-state index in [1.165, 1.54) is 5.69 Å². The van der Waals surface area contributed by atoms with Gasteiger partial charge in [-0.1, -0.05) is 6.92 Å². The first-order valence-electron chi connectivity index (χ1n) is 6.28. The van der Waals surface area contributed by atoms with E-state index in [-0.39, 0.29) is 6.61 Å². The van der Waals surface area contributed by atoms with E-state index in [1.807, 2.05) is 18.5 Å². The van der Waals surface area contributed by atoms with Crippen molar-refractivity contribution in [3.63, 3.8) is 0 Å². The number of piperazine rings is 1. The molecule has 1 aromatic rings. The maximum Gasteiger partial charge on any atom is 0.0553 e. The second-order valence-corrected chi connectivity index (χ2v) is 4.79. The van der Waals surface area contributed by atoms with Crippen molar-refractivity contribution in [1.29, 1.82) is 0 Å². The maximum atomic E-state index is 9.05. The Hall–Kier alpha value is -1.13. The molecule has 0 aliphatic carbocycles. The first kappa shape index (κ1) is 12.3. The topological polar surface area (TPSA) is 39.6 Å². The van der Waals surface area contributed by atoms with Gasteiger partial charge in [-0.25, -0.2) is 0 Å². The van der Waals surface area contributed by atoms with E-state index < -0.39 is 0 Å². The smallest absolute Gasteiger partial charge is 0.0553 e. The molecule has 94 valence electrons. The van der Waals surface area contributed by atoms with Gasteiger partial charge < -0.3 is 10.0 Å². The van der Waals surface area contributed by atoms with Gasteiger partial charge in [0, 0.05) is 45.5 Å². The van der Waals surface area contributed by atoms with Gasteiger partial charge in [-0.15, -0.1) is 0 Å². The van der Waals surface area contributed by atoms with Gasteiger partial charge in [0.2, 0.25) is 0 Å². The van der Waals surface area contributed by atoms with Gasteiger partial charge in [-0.2, -0.15) is 0 Å². The molecule has 4 nitrogen and oxygen atoms in total. The summed E-state index contributed by atoms with van der Waals surface area (Å²) in [7, 11) is 0. The number of aromatic nitrogens is 1. The highest BCUT2D eigenvalue weighted by molar-refractivity contribution is 5.43. The normalized spacial score (nSPS) is 19.3. The molecule has 1 atom stereocenters. The monoisotopic (exact) mass is 235 g/mol. The predicted molar refractivity (Wildman–Crippen MR) is 69.1 cm³/mol. The molecule has 1 aromatic heterocycles. The van der Waals surface area contributed by atoms with E-state index in [4.69, 9.17) is 5.11 Å². The first-order chi connectivity index (χ1) is 8.29. The van der Waals surface area contributed by atoms with Crippen LogP contribution in [0, 0.1) is 5.92 Å². The Morgan fingerprint density at radius 2 is 2.12 bits per heavy atom. The number of rotatable bonds is 4. The second kappa shape index (κ2) is 5.98. The molecule has 0 amide bonds. The van der Waals surface area contributed by atoms with E-state index in [1.54, 1.807) is 0 Å². The molecule has 4 heteroatoms. The third kappa shape index (κ3) is 3.41. The van der Waals surface area contributed by atoms with Gasteiger partial charge in [0.1, 0.15) is 0 Å². The molecule has 1 saturated heterocycles. The summed E-state index contributed by atoms with van der Waals surface area (Å²) in [4.78, 5) is 8.94. The fourth-order valence-corrected chi connectivity index (χ4v) is 2.23. The van der Waals surface area contributed by atoms with E-state index in [0.29, 0.717) is 5.92 Å². The summed E-state index contributed by atoms with van der Waals surface area (Å²) < 4.78 is 0. The highest BCUT2D eigenvalue weighted by Crippen LogP contribution is 2.14. The van der Waals surface area contributed by atoms with E-state index in [0.717, 1.165) is 32.7 Å². The minimum absolute atomic E-state index is 0.281. The third-order valence-corrected chi connectivity index (χ3v) is 3.26. The minimum Gasteiger partial charge on any atom is -0.396 e. The first-order valence-corrected chi connectivity index (χ1v) is 6.28. The molecule has 1 unspecified atom stereocenters. The number of pyridine rings is 1. The number of hydrogen-bond donors (Lipinski definition) is 1. The largest absolute Gasteiger partial charge is 0.396 e. The van der Waals surface area contributed by atoms with Crippen molar-refractivity contribution in [2.75, 3.05) is 44.2 Å². The third-order valence-electron chi connectivity index (χ3n) is 3.26. The Morgan fingerprint density at radius 3 is 2.71 bits per heavy atom. The Labute approximate surface area is 103 Å². The standard InChI is InChI=1S/C13H21N3O/c1-12(11-17)10-15-5-7-16(8-6-15)13-3-2-4-14-9-13/h2-4,9,12,17H,5-8,10-11H2,1H3. The van der Waals surface area contributed by atoms with Crippen LogP contribution in [0.15, 0.2) is 24.5 Å². The number of aliphatic hydroxyl groups excluding tert-OH is 1. The molecule has 0 aromatic carbocycles. The van der Waals surface area contributed by atoms with Gasteiger partial charge in [0.05, 0.1) is 11.9 Å². The van der Waals surface area contributed by atoms with Gasteiger partial charge in [0.25, 0.3) is 0 Å². The van der Waals surface area contributed by atoms with Crippen LogP contribution in [0.3, 0.4) is 0 Å². The summed E-state index contributed by atoms with van der Waals surface area (Å²) in [5, 5.41) is 9.05. The van der Waals surface area contributed by atoms with Crippen LogP contribution in [0.5, 0.6) is 0 Å². The van der Waals surface area contributed by atoms with Crippen molar-refractivity contribution >= 4 is 5.69 Å². The Bertz CT molecular complexity index is 323. The van der Waals surface area contributed by atoms with Crippen LogP contribution >= 0.6 is 0 Å². The molecule has 1 aliphatic rings. The zero-order valence-corrected chi connectivity index (χ0v) is 10.4. The Morgan fingerprint density at radius 1 is 1.35 bits per heavy atom. The number of aliphatic hydroxyl groups is 1. The lowest BCUT2D eigenvalue weighted by Crippen LogP contribution is -2.47. The molecule has 0 spiro atoms. The molecule has 17 heavy (non-hydrogen) atoms. The lowest BCUT2D eigenvalue weighted by molar-refractivity contribution is 0.167. The van der Waals surface area contributed by atoms with Crippen molar-refractivity contribution < 1.29 is 5.11 Å². The molecular weight excluding hydrogens is 214 g/mol. The lowest BCUT2D eigenvalue weighted by atomic mass is 10.1. The fourth-order valence-electron chi connectivity index (χ4n) is 2.23. The van der Waals surface area contributed by atoms with Crippen LogP contribution < -0.4 is 4.90 Å². The van der Waals surface area contributed by atoms with Crippen molar-refractivity contribution in [3.05, 3.63) is 24.5 Å². The van der Waals surface area contributed by atoms with Crippen molar-refractivity contribution in [1.82, 2.24) is 9.88 Å². The quantitative estimate of drug-likeness (QED) is 0.839. The van der Waals surface area contributed by atoms with Gasteiger partial charge in [0.15, 0.2) is 0 Å². The molecule has 2 rings (SSSR count).